The number of carbonyl (C=O) groups is 2. The van der Waals surface area contributed by atoms with Crippen LogP contribution < -0.4 is 5.32 Å². The molecule has 1 aliphatic rings. The molecule has 1 aromatic rings. The Morgan fingerprint density at radius 1 is 1.27 bits per heavy atom. The van der Waals surface area contributed by atoms with E-state index in [0.29, 0.717) is 25.2 Å². The van der Waals surface area contributed by atoms with Crippen molar-refractivity contribution in [3.8, 4) is 0 Å². The van der Waals surface area contributed by atoms with Crippen molar-refractivity contribution in [2.45, 2.75) is 46.1 Å². The van der Waals surface area contributed by atoms with Crippen molar-refractivity contribution < 1.29 is 9.59 Å². The Balaban J connectivity index is 1.80. The molecule has 2 amide bonds. The van der Waals surface area contributed by atoms with Gasteiger partial charge in [-0.2, -0.15) is 0 Å². The number of carbonyl (C=O) groups excluding carboxylic acids is 2. The van der Waals surface area contributed by atoms with E-state index in [1.165, 1.54) is 0 Å². The van der Waals surface area contributed by atoms with Gasteiger partial charge in [0.2, 0.25) is 5.91 Å². The molecular formula is C17H25N3O2. The van der Waals surface area contributed by atoms with Crippen LogP contribution in [-0.4, -0.2) is 40.8 Å². The Hall–Kier alpha value is -1.91. The van der Waals surface area contributed by atoms with E-state index in [4.69, 9.17) is 0 Å². The summed E-state index contributed by atoms with van der Waals surface area (Å²) in [6, 6.07) is 5.41. The molecule has 0 radical (unpaired) electrons. The monoisotopic (exact) mass is 303 g/mol. The third-order valence-electron chi connectivity index (χ3n) is 3.76. The topological polar surface area (TPSA) is 62.3 Å². The zero-order valence-electron chi connectivity index (χ0n) is 13.6. The second-order valence-corrected chi connectivity index (χ2v) is 7.08. The van der Waals surface area contributed by atoms with Crippen molar-refractivity contribution in [2.75, 3.05) is 13.1 Å². The zero-order chi connectivity index (χ0) is 16.2. The lowest BCUT2D eigenvalue weighted by molar-refractivity contribution is -0.134. The lowest BCUT2D eigenvalue weighted by Crippen LogP contribution is -2.47. The van der Waals surface area contributed by atoms with E-state index >= 15 is 0 Å². The molecule has 120 valence electrons. The van der Waals surface area contributed by atoms with Gasteiger partial charge in [0.15, 0.2) is 0 Å². The number of nitrogens with zero attached hydrogens (tertiary/aromatic N) is 2. The van der Waals surface area contributed by atoms with E-state index in [1.54, 1.807) is 24.4 Å². The van der Waals surface area contributed by atoms with Crippen LogP contribution in [-0.2, 0) is 4.79 Å². The minimum atomic E-state index is -0.139. The van der Waals surface area contributed by atoms with Gasteiger partial charge in [0.25, 0.3) is 5.91 Å². The molecule has 0 saturated carbocycles. The third kappa shape index (κ3) is 4.83. The molecule has 0 atom stereocenters. The smallest absolute Gasteiger partial charge is 0.270 e. The van der Waals surface area contributed by atoms with Crippen LogP contribution in [0.15, 0.2) is 24.4 Å². The van der Waals surface area contributed by atoms with Crippen molar-refractivity contribution in [3.05, 3.63) is 30.1 Å². The fourth-order valence-corrected chi connectivity index (χ4v) is 2.60. The first-order valence-corrected chi connectivity index (χ1v) is 7.85. The van der Waals surface area contributed by atoms with E-state index in [2.05, 4.69) is 31.1 Å². The Kier molecular flexibility index (Phi) is 5.16. The van der Waals surface area contributed by atoms with Crippen LogP contribution >= 0.6 is 0 Å². The molecule has 0 aliphatic carbocycles. The summed E-state index contributed by atoms with van der Waals surface area (Å²) in [5.74, 6) is 0.0714. The van der Waals surface area contributed by atoms with Crippen LogP contribution in [0.25, 0.3) is 0 Å². The molecule has 2 rings (SSSR count). The van der Waals surface area contributed by atoms with Crippen molar-refractivity contribution in [1.82, 2.24) is 15.2 Å². The van der Waals surface area contributed by atoms with Gasteiger partial charge in [-0.05, 0) is 30.4 Å². The number of rotatable bonds is 3. The molecular weight excluding hydrogens is 278 g/mol. The molecule has 22 heavy (non-hydrogen) atoms. The summed E-state index contributed by atoms with van der Waals surface area (Å²) in [7, 11) is 0. The second-order valence-electron chi connectivity index (χ2n) is 7.08. The Labute approximate surface area is 132 Å². The highest BCUT2D eigenvalue weighted by Crippen LogP contribution is 2.21. The fourth-order valence-electron chi connectivity index (χ4n) is 2.60. The number of aromatic nitrogens is 1. The first-order chi connectivity index (χ1) is 10.3. The van der Waals surface area contributed by atoms with Crippen LogP contribution in [0.1, 0.15) is 50.5 Å². The van der Waals surface area contributed by atoms with Crippen LogP contribution in [0, 0.1) is 5.41 Å². The largest absolute Gasteiger partial charge is 0.348 e. The summed E-state index contributed by atoms with van der Waals surface area (Å²) in [5.41, 5.74) is 0.454. The highest BCUT2D eigenvalue weighted by molar-refractivity contribution is 5.92. The Morgan fingerprint density at radius 2 is 1.95 bits per heavy atom. The van der Waals surface area contributed by atoms with Gasteiger partial charge in [-0.25, -0.2) is 0 Å². The maximum absolute atomic E-state index is 12.2. The van der Waals surface area contributed by atoms with Crippen LogP contribution in [0.5, 0.6) is 0 Å². The van der Waals surface area contributed by atoms with E-state index < -0.39 is 0 Å². The highest BCUT2D eigenvalue weighted by Gasteiger charge is 2.26. The summed E-state index contributed by atoms with van der Waals surface area (Å²) >= 11 is 0. The quantitative estimate of drug-likeness (QED) is 0.931. The molecule has 0 unspecified atom stereocenters. The number of hydrogen-bond acceptors (Lipinski definition) is 3. The Morgan fingerprint density at radius 3 is 2.50 bits per heavy atom. The molecule has 1 N–H and O–H groups in total. The molecule has 1 aliphatic heterocycles. The number of pyridine rings is 1. The van der Waals surface area contributed by atoms with Gasteiger partial charge >= 0.3 is 0 Å². The normalized spacial score (nSPS) is 16.4. The van der Waals surface area contributed by atoms with E-state index in [0.717, 1.165) is 12.8 Å². The van der Waals surface area contributed by atoms with Crippen LogP contribution in [0.3, 0.4) is 0 Å². The minimum absolute atomic E-state index is 0.0150. The number of nitrogens with one attached hydrogen (secondary N) is 1. The maximum atomic E-state index is 12.2. The molecule has 0 aromatic carbocycles. The van der Waals surface area contributed by atoms with Crippen molar-refractivity contribution in [2.24, 2.45) is 5.41 Å². The molecule has 2 heterocycles. The molecule has 0 bridgehead atoms. The molecule has 1 aromatic heterocycles. The minimum Gasteiger partial charge on any atom is -0.348 e. The van der Waals surface area contributed by atoms with Crippen molar-refractivity contribution >= 4 is 11.8 Å². The number of likely N-dealkylation sites (tertiary alicyclic amines) is 1. The summed E-state index contributed by atoms with van der Waals surface area (Å²) < 4.78 is 0. The van der Waals surface area contributed by atoms with Crippen molar-refractivity contribution in [3.63, 3.8) is 0 Å². The predicted octanol–water partition coefficient (Wildman–Crippen LogP) is 2.24. The summed E-state index contributed by atoms with van der Waals surface area (Å²) in [5, 5.41) is 3.00. The van der Waals surface area contributed by atoms with Gasteiger partial charge in [0.1, 0.15) is 5.69 Å². The first kappa shape index (κ1) is 16.5. The molecule has 1 saturated heterocycles. The second kappa shape index (κ2) is 6.90. The SMILES string of the molecule is CC(C)(C)CC(=O)N1CCC(NC(=O)c2ccccn2)CC1. The molecule has 0 spiro atoms. The average Bonchev–Trinajstić information content (AvgIpc) is 2.47. The molecule has 5 heteroatoms. The van der Waals surface area contributed by atoms with Gasteiger partial charge in [-0.3, -0.25) is 14.6 Å². The number of hydrogen-bond donors (Lipinski definition) is 1. The lowest BCUT2D eigenvalue weighted by atomic mass is 9.91. The third-order valence-corrected chi connectivity index (χ3v) is 3.76. The fraction of sp³-hybridized carbons (Fsp3) is 0.588. The molecule has 5 nitrogen and oxygen atoms in total. The van der Waals surface area contributed by atoms with Gasteiger partial charge < -0.3 is 10.2 Å². The standard InChI is InChI=1S/C17H25N3O2/c1-17(2,3)12-15(21)20-10-7-13(8-11-20)19-16(22)14-6-4-5-9-18-14/h4-6,9,13H,7-8,10-12H2,1-3H3,(H,19,22). The van der Waals surface area contributed by atoms with Crippen LogP contribution in [0.4, 0.5) is 0 Å². The van der Waals surface area contributed by atoms with Gasteiger partial charge in [-0.1, -0.05) is 26.8 Å². The van der Waals surface area contributed by atoms with Gasteiger partial charge in [0.05, 0.1) is 0 Å². The zero-order valence-corrected chi connectivity index (χ0v) is 13.6. The van der Waals surface area contributed by atoms with Crippen molar-refractivity contribution in [1.29, 1.82) is 0 Å². The van der Waals surface area contributed by atoms with E-state index in [-0.39, 0.29) is 23.3 Å². The van der Waals surface area contributed by atoms with Gasteiger partial charge in [0, 0.05) is 31.7 Å². The van der Waals surface area contributed by atoms with E-state index in [9.17, 15) is 9.59 Å². The summed E-state index contributed by atoms with van der Waals surface area (Å²) in [4.78, 5) is 30.2. The van der Waals surface area contributed by atoms with Crippen LogP contribution in [0.2, 0.25) is 0 Å². The summed E-state index contributed by atoms with van der Waals surface area (Å²) in [6.07, 6.45) is 3.78. The predicted molar refractivity (Wildman–Crippen MR) is 85.4 cm³/mol. The van der Waals surface area contributed by atoms with Gasteiger partial charge in [-0.15, -0.1) is 0 Å². The highest BCUT2D eigenvalue weighted by atomic mass is 16.2. The Bertz CT molecular complexity index is 514. The number of amides is 2. The number of piperidine rings is 1. The maximum Gasteiger partial charge on any atom is 0.270 e. The molecule has 1 fully saturated rings. The summed E-state index contributed by atoms with van der Waals surface area (Å²) in [6.45, 7) is 7.64. The lowest BCUT2D eigenvalue weighted by Gasteiger charge is -2.34. The van der Waals surface area contributed by atoms with E-state index in [1.807, 2.05) is 4.90 Å². The first-order valence-electron chi connectivity index (χ1n) is 7.85. The average molecular weight is 303 g/mol.